The molecule has 1 aliphatic heterocycles. The predicted molar refractivity (Wildman–Crippen MR) is 119 cm³/mol. The number of sulfonamides is 1. The number of hydrogen-bond donors (Lipinski definition) is 1. The van der Waals surface area contributed by atoms with Gasteiger partial charge in [0.2, 0.25) is 5.91 Å². The highest BCUT2D eigenvalue weighted by molar-refractivity contribution is 7.94. The van der Waals surface area contributed by atoms with E-state index in [0.717, 1.165) is 40.2 Å². The van der Waals surface area contributed by atoms with Crippen molar-refractivity contribution in [3.63, 3.8) is 0 Å². The van der Waals surface area contributed by atoms with Crippen molar-refractivity contribution in [3.8, 4) is 0 Å². The number of benzene rings is 1. The van der Waals surface area contributed by atoms with E-state index >= 15 is 0 Å². The molecule has 0 unspecified atom stereocenters. The Morgan fingerprint density at radius 2 is 1.87 bits per heavy atom. The molecule has 7 nitrogen and oxygen atoms in total. The van der Waals surface area contributed by atoms with Gasteiger partial charge in [0, 0.05) is 23.5 Å². The van der Waals surface area contributed by atoms with E-state index in [1.807, 2.05) is 19.9 Å². The molecule has 2 aromatic rings. The normalized spacial score (nSPS) is 16.0. The van der Waals surface area contributed by atoms with Crippen LogP contribution >= 0.6 is 11.3 Å². The molecule has 1 aliphatic carbocycles. The highest BCUT2D eigenvalue weighted by Gasteiger charge is 2.36. The van der Waals surface area contributed by atoms with Crippen molar-refractivity contribution in [1.29, 1.82) is 0 Å². The average Bonchev–Trinajstić information content (AvgIpc) is 3.41. The molecule has 0 radical (unpaired) electrons. The number of ether oxygens (including phenoxy) is 1. The van der Waals surface area contributed by atoms with E-state index in [1.54, 1.807) is 17.0 Å². The van der Waals surface area contributed by atoms with Gasteiger partial charge in [-0.25, -0.2) is 13.2 Å². The Morgan fingerprint density at radius 1 is 1.19 bits per heavy atom. The minimum atomic E-state index is -4.01. The lowest BCUT2D eigenvalue weighted by Gasteiger charge is -2.27. The molecule has 1 fully saturated rings. The van der Waals surface area contributed by atoms with Gasteiger partial charge >= 0.3 is 5.97 Å². The molecule has 2 heterocycles. The van der Waals surface area contributed by atoms with Gasteiger partial charge in [-0.15, -0.1) is 11.3 Å². The monoisotopic (exact) mass is 462 g/mol. The Kier molecular flexibility index (Phi) is 5.83. The first-order valence-corrected chi connectivity index (χ1v) is 12.6. The van der Waals surface area contributed by atoms with Crippen LogP contribution in [-0.4, -0.2) is 38.8 Å². The summed E-state index contributed by atoms with van der Waals surface area (Å²) in [7, 11) is -2.76. The number of amides is 1. The summed E-state index contributed by atoms with van der Waals surface area (Å²) in [5.74, 6) is -0.0872. The third kappa shape index (κ3) is 4.62. The van der Waals surface area contributed by atoms with Crippen LogP contribution in [0.25, 0.3) is 0 Å². The molecule has 1 saturated carbocycles. The number of methoxy groups -OCH3 is 1. The van der Waals surface area contributed by atoms with Gasteiger partial charge in [0.1, 0.15) is 0 Å². The molecule has 0 saturated heterocycles. The van der Waals surface area contributed by atoms with Gasteiger partial charge in [0.05, 0.1) is 19.2 Å². The van der Waals surface area contributed by atoms with Crippen LogP contribution in [0.1, 0.15) is 51.2 Å². The number of fused-ring (bicyclic) bond motifs is 1. The number of thiophene rings is 1. The highest BCUT2D eigenvalue weighted by atomic mass is 32.2. The van der Waals surface area contributed by atoms with Crippen LogP contribution in [0.3, 0.4) is 0 Å². The zero-order valence-electron chi connectivity index (χ0n) is 17.9. The lowest BCUT2D eigenvalue weighted by Crippen LogP contribution is -2.35. The molecule has 31 heavy (non-hydrogen) atoms. The molecule has 9 heteroatoms. The number of carbonyl (C=O) groups excluding carboxylic acids is 2. The van der Waals surface area contributed by atoms with E-state index < -0.39 is 16.0 Å². The average molecular weight is 463 g/mol. The Bertz CT molecular complexity index is 1130. The van der Waals surface area contributed by atoms with Crippen LogP contribution in [0, 0.1) is 19.8 Å². The maximum atomic E-state index is 13.3. The summed E-state index contributed by atoms with van der Waals surface area (Å²) in [4.78, 5) is 27.6. The number of anilines is 1. The second kappa shape index (κ2) is 8.27. The summed E-state index contributed by atoms with van der Waals surface area (Å²) < 4.78 is 34.0. The molecule has 2 aliphatic rings. The topological polar surface area (TPSA) is 92.8 Å². The lowest BCUT2D eigenvalue weighted by molar-refractivity contribution is -0.132. The molecule has 0 atom stereocenters. The van der Waals surface area contributed by atoms with Crippen molar-refractivity contribution in [2.45, 2.75) is 50.3 Å². The summed E-state index contributed by atoms with van der Waals surface area (Å²) in [5.41, 5.74) is 3.07. The van der Waals surface area contributed by atoms with E-state index in [2.05, 4.69) is 4.72 Å². The number of nitrogens with one attached hydrogen (secondary N) is 1. The van der Waals surface area contributed by atoms with Crippen LogP contribution in [-0.2, 0) is 32.5 Å². The molecule has 1 aromatic heterocycles. The Morgan fingerprint density at radius 3 is 2.48 bits per heavy atom. The Balaban J connectivity index is 1.68. The zero-order chi connectivity index (χ0) is 22.3. The Hall–Kier alpha value is -2.39. The van der Waals surface area contributed by atoms with Crippen LogP contribution < -0.4 is 4.72 Å². The van der Waals surface area contributed by atoms with E-state index in [9.17, 15) is 18.0 Å². The summed E-state index contributed by atoms with van der Waals surface area (Å²) in [6, 6.07) is 5.44. The molecule has 1 aromatic carbocycles. The first-order valence-electron chi connectivity index (χ1n) is 10.3. The van der Waals surface area contributed by atoms with Crippen LogP contribution in [0.2, 0.25) is 0 Å². The zero-order valence-corrected chi connectivity index (χ0v) is 19.5. The number of hydrogen-bond acceptors (Lipinski definition) is 6. The molecule has 166 valence electrons. The highest BCUT2D eigenvalue weighted by Crippen LogP contribution is 2.39. The summed E-state index contributed by atoms with van der Waals surface area (Å²) in [6.45, 7) is 4.58. The van der Waals surface area contributed by atoms with Crippen molar-refractivity contribution < 1.29 is 22.7 Å². The smallest absolute Gasteiger partial charge is 0.340 e. The third-order valence-corrected chi connectivity index (χ3v) is 8.76. The summed E-state index contributed by atoms with van der Waals surface area (Å²) in [6.07, 6.45) is 3.18. The first-order chi connectivity index (χ1) is 14.7. The molecule has 4 rings (SSSR count). The van der Waals surface area contributed by atoms with Crippen molar-refractivity contribution in [2.24, 2.45) is 5.92 Å². The molecule has 1 amide bonds. The van der Waals surface area contributed by atoms with E-state index in [-0.39, 0.29) is 15.7 Å². The quantitative estimate of drug-likeness (QED) is 0.662. The molecule has 1 N–H and O–H groups in total. The number of aryl methyl sites for hydroxylation is 2. The van der Waals surface area contributed by atoms with Crippen molar-refractivity contribution in [1.82, 2.24) is 4.90 Å². The standard InChI is InChI=1S/C22H26N2O5S2/c1-13-8-14(2)10-16(9-13)23-31(27,28)22-20(21(26)29-3)17-6-7-24(12-18(17)30-22)19(25)11-15-4-5-15/h8-10,15,23H,4-7,11-12H2,1-3H3. The van der Waals surface area contributed by atoms with Crippen molar-refractivity contribution in [2.75, 3.05) is 18.4 Å². The van der Waals surface area contributed by atoms with Gasteiger partial charge in [-0.1, -0.05) is 6.07 Å². The third-order valence-electron chi connectivity index (χ3n) is 5.64. The van der Waals surface area contributed by atoms with Gasteiger partial charge in [-0.3, -0.25) is 9.52 Å². The molecule has 0 bridgehead atoms. The number of esters is 1. The minimum absolute atomic E-state index is 0.0556. The largest absolute Gasteiger partial charge is 0.465 e. The van der Waals surface area contributed by atoms with Gasteiger partial charge in [-0.2, -0.15) is 0 Å². The maximum absolute atomic E-state index is 13.3. The van der Waals surface area contributed by atoms with Gasteiger partial charge in [-0.05, 0) is 67.9 Å². The number of rotatable bonds is 6. The van der Waals surface area contributed by atoms with E-state index in [4.69, 9.17) is 4.74 Å². The van der Waals surface area contributed by atoms with Crippen LogP contribution in [0.5, 0.6) is 0 Å². The summed E-state index contributed by atoms with van der Waals surface area (Å²) in [5, 5.41) is 0. The SMILES string of the molecule is COC(=O)c1c(S(=O)(=O)Nc2cc(C)cc(C)c2)sc2c1CCN(C(=O)CC1CC1)C2. The van der Waals surface area contributed by atoms with Gasteiger partial charge in [0.15, 0.2) is 4.21 Å². The Labute approximate surface area is 186 Å². The minimum Gasteiger partial charge on any atom is -0.465 e. The van der Waals surface area contributed by atoms with Crippen LogP contribution in [0.15, 0.2) is 22.4 Å². The first kappa shape index (κ1) is 21.8. The predicted octanol–water partition coefficient (Wildman–Crippen LogP) is 3.64. The van der Waals surface area contributed by atoms with Gasteiger partial charge in [0.25, 0.3) is 10.0 Å². The fourth-order valence-corrected chi connectivity index (χ4v) is 6.96. The van der Waals surface area contributed by atoms with Crippen molar-refractivity contribution in [3.05, 3.63) is 45.3 Å². The van der Waals surface area contributed by atoms with E-state index in [1.165, 1.54) is 7.11 Å². The second-order valence-corrected chi connectivity index (χ2v) is 11.3. The fraction of sp³-hybridized carbons (Fsp3) is 0.455. The summed E-state index contributed by atoms with van der Waals surface area (Å²) >= 11 is 1.05. The van der Waals surface area contributed by atoms with Crippen LogP contribution in [0.4, 0.5) is 5.69 Å². The number of carbonyl (C=O) groups is 2. The molecular weight excluding hydrogens is 436 g/mol. The molecule has 0 spiro atoms. The lowest BCUT2D eigenvalue weighted by atomic mass is 10.0. The number of nitrogens with zero attached hydrogens (tertiary/aromatic N) is 1. The molecular formula is C22H26N2O5S2. The fourth-order valence-electron chi connectivity index (χ4n) is 4.02. The maximum Gasteiger partial charge on any atom is 0.340 e. The second-order valence-electron chi connectivity index (χ2n) is 8.35. The van der Waals surface area contributed by atoms with E-state index in [0.29, 0.717) is 43.1 Å². The van der Waals surface area contributed by atoms with Gasteiger partial charge < -0.3 is 9.64 Å². The van der Waals surface area contributed by atoms with Crippen molar-refractivity contribution >= 4 is 38.9 Å².